The van der Waals surface area contributed by atoms with Crippen molar-refractivity contribution in [1.82, 2.24) is 4.72 Å². The molecule has 1 aromatic carbocycles. The molecule has 0 aliphatic heterocycles. The van der Waals surface area contributed by atoms with Crippen LogP contribution >= 0.6 is 43.6 Å². The third kappa shape index (κ3) is 3.80. The summed E-state index contributed by atoms with van der Waals surface area (Å²) in [6.45, 7) is 1.93. The maximum Gasteiger partial charge on any atom is 0.241 e. The first kappa shape index (κ1) is 16.8. The Morgan fingerprint density at radius 1 is 1.25 bits per heavy atom. The first-order valence-corrected chi connectivity index (χ1v) is 10.7. The predicted octanol–water partition coefficient (Wildman–Crippen LogP) is 4.08. The lowest BCUT2D eigenvalue weighted by Crippen LogP contribution is -2.33. The Bertz CT molecular complexity index is 605. The zero-order chi connectivity index (χ0) is 14.9. The molecular formula is C13H17Br2NO2S2. The van der Waals surface area contributed by atoms with Crippen molar-refractivity contribution < 1.29 is 8.42 Å². The van der Waals surface area contributed by atoms with Gasteiger partial charge < -0.3 is 0 Å². The molecule has 20 heavy (non-hydrogen) atoms. The van der Waals surface area contributed by atoms with Gasteiger partial charge in [0.25, 0.3) is 0 Å². The molecule has 0 bridgehead atoms. The highest BCUT2D eigenvalue weighted by atomic mass is 79.9. The number of sulfonamides is 1. The Morgan fingerprint density at radius 3 is 2.55 bits per heavy atom. The van der Waals surface area contributed by atoms with E-state index in [4.69, 9.17) is 0 Å². The molecule has 0 heterocycles. The predicted molar refractivity (Wildman–Crippen MR) is 91.8 cm³/mol. The van der Waals surface area contributed by atoms with Gasteiger partial charge in [-0.1, -0.05) is 15.9 Å². The van der Waals surface area contributed by atoms with Gasteiger partial charge >= 0.3 is 0 Å². The number of benzene rings is 1. The minimum Gasteiger partial charge on any atom is -0.208 e. The molecule has 112 valence electrons. The summed E-state index contributed by atoms with van der Waals surface area (Å²) in [7, 11) is -3.48. The Hall–Kier alpha value is 0.440. The molecule has 2 rings (SSSR count). The monoisotopic (exact) mass is 441 g/mol. The van der Waals surface area contributed by atoms with Crippen molar-refractivity contribution in [2.45, 2.75) is 42.4 Å². The highest BCUT2D eigenvalue weighted by molar-refractivity contribution is 9.11. The van der Waals surface area contributed by atoms with E-state index >= 15 is 0 Å². The number of thioether (sulfide) groups is 1. The molecule has 1 aromatic rings. The summed E-state index contributed by atoms with van der Waals surface area (Å²) in [5, 5.41) is 0.566. The zero-order valence-electron chi connectivity index (χ0n) is 11.3. The van der Waals surface area contributed by atoms with Gasteiger partial charge in [-0.15, -0.1) is 0 Å². The fourth-order valence-electron chi connectivity index (χ4n) is 2.38. The van der Waals surface area contributed by atoms with E-state index in [1.165, 1.54) is 0 Å². The highest BCUT2D eigenvalue weighted by Gasteiger charge is 2.29. The van der Waals surface area contributed by atoms with Crippen molar-refractivity contribution in [2.24, 2.45) is 0 Å². The van der Waals surface area contributed by atoms with E-state index in [1.54, 1.807) is 6.07 Å². The normalized spacial score (nSPS) is 23.2. The van der Waals surface area contributed by atoms with Crippen LogP contribution in [0.15, 0.2) is 26.0 Å². The van der Waals surface area contributed by atoms with Crippen molar-refractivity contribution in [3.05, 3.63) is 26.6 Å². The van der Waals surface area contributed by atoms with Crippen LogP contribution in [0.25, 0.3) is 0 Å². The molecule has 0 radical (unpaired) electrons. The van der Waals surface area contributed by atoms with Gasteiger partial charge in [-0.2, -0.15) is 11.8 Å². The number of nitrogens with one attached hydrogen (secondary N) is 1. The Labute approximate surface area is 141 Å². The molecule has 1 fully saturated rings. The number of hydrogen-bond acceptors (Lipinski definition) is 3. The van der Waals surface area contributed by atoms with Crippen LogP contribution < -0.4 is 4.72 Å². The largest absolute Gasteiger partial charge is 0.241 e. The maximum atomic E-state index is 12.5. The number of hydrogen-bond donors (Lipinski definition) is 1. The van der Waals surface area contributed by atoms with Crippen molar-refractivity contribution in [3.63, 3.8) is 0 Å². The minimum absolute atomic E-state index is 0.0458. The first-order valence-electron chi connectivity index (χ1n) is 6.34. The molecule has 0 amide bonds. The second-order valence-corrected chi connectivity index (χ2v) is 9.55. The maximum absolute atomic E-state index is 12.5. The van der Waals surface area contributed by atoms with Crippen LogP contribution in [0.4, 0.5) is 0 Å². The molecule has 1 aliphatic carbocycles. The van der Waals surface area contributed by atoms with Gasteiger partial charge in [0.1, 0.15) is 0 Å². The van der Waals surface area contributed by atoms with Crippen LogP contribution in [-0.4, -0.2) is 26.0 Å². The second-order valence-electron chi connectivity index (χ2n) is 5.02. The Morgan fingerprint density at radius 2 is 1.95 bits per heavy atom. The summed E-state index contributed by atoms with van der Waals surface area (Å²) in [4.78, 5) is 0.294. The van der Waals surface area contributed by atoms with Crippen LogP contribution in [0.1, 0.15) is 24.8 Å². The quantitative estimate of drug-likeness (QED) is 0.763. The molecule has 0 saturated heterocycles. The van der Waals surface area contributed by atoms with E-state index in [1.807, 2.05) is 24.8 Å². The van der Waals surface area contributed by atoms with Crippen LogP contribution in [0.5, 0.6) is 0 Å². The lowest BCUT2D eigenvalue weighted by Gasteiger charge is -2.15. The minimum atomic E-state index is -3.48. The lowest BCUT2D eigenvalue weighted by atomic mass is 10.2. The molecule has 1 aliphatic rings. The van der Waals surface area contributed by atoms with Gasteiger partial charge in [0, 0.05) is 20.2 Å². The molecule has 3 nitrogen and oxygen atoms in total. The standard InChI is InChI=1S/C13H17Br2NO2S2/c1-8-5-12(15)13(7-11(8)14)20(17,18)16-9-3-4-10(6-9)19-2/h5,7,9-10,16H,3-4,6H2,1-2H3. The van der Waals surface area contributed by atoms with Crippen molar-refractivity contribution in [3.8, 4) is 0 Å². The van der Waals surface area contributed by atoms with E-state index in [9.17, 15) is 8.42 Å². The molecule has 2 unspecified atom stereocenters. The fraction of sp³-hybridized carbons (Fsp3) is 0.538. The van der Waals surface area contributed by atoms with E-state index in [2.05, 4.69) is 42.8 Å². The molecule has 1 saturated carbocycles. The van der Waals surface area contributed by atoms with Gasteiger partial charge in [-0.25, -0.2) is 13.1 Å². The lowest BCUT2D eigenvalue weighted by molar-refractivity contribution is 0.552. The summed E-state index contributed by atoms with van der Waals surface area (Å²) in [6.07, 6.45) is 4.97. The summed E-state index contributed by atoms with van der Waals surface area (Å²) in [5.41, 5.74) is 0.999. The van der Waals surface area contributed by atoms with Crippen LogP contribution in [0.2, 0.25) is 0 Å². The Kier molecular flexibility index (Phi) is 5.62. The zero-order valence-corrected chi connectivity index (χ0v) is 16.1. The van der Waals surface area contributed by atoms with Gasteiger partial charge in [-0.05, 0) is 66.1 Å². The van der Waals surface area contributed by atoms with Crippen LogP contribution in [0.3, 0.4) is 0 Å². The number of rotatable bonds is 4. The van der Waals surface area contributed by atoms with Gasteiger partial charge in [0.05, 0.1) is 4.90 Å². The van der Waals surface area contributed by atoms with Crippen molar-refractivity contribution >= 4 is 53.6 Å². The molecule has 0 spiro atoms. The van der Waals surface area contributed by atoms with Crippen molar-refractivity contribution in [1.29, 1.82) is 0 Å². The SMILES string of the molecule is CSC1CCC(NS(=O)(=O)c2cc(Br)c(C)cc2Br)C1. The fourth-order valence-corrected chi connectivity index (χ4v) is 6.14. The summed E-state index contributed by atoms with van der Waals surface area (Å²) in [5.74, 6) is 0. The molecule has 2 atom stereocenters. The van der Waals surface area contributed by atoms with E-state index in [0.29, 0.717) is 14.6 Å². The van der Waals surface area contributed by atoms with E-state index < -0.39 is 10.0 Å². The molecule has 7 heteroatoms. The third-order valence-corrected chi connectivity index (χ3v) is 7.97. The summed E-state index contributed by atoms with van der Waals surface area (Å²) < 4.78 is 29.2. The van der Waals surface area contributed by atoms with Gasteiger partial charge in [0.15, 0.2) is 0 Å². The number of aryl methyl sites for hydroxylation is 1. The van der Waals surface area contributed by atoms with E-state index in [0.717, 1.165) is 29.3 Å². The third-order valence-electron chi connectivity index (χ3n) is 3.54. The van der Waals surface area contributed by atoms with Crippen LogP contribution in [-0.2, 0) is 10.0 Å². The highest BCUT2D eigenvalue weighted by Crippen LogP contribution is 2.32. The summed E-state index contributed by atoms with van der Waals surface area (Å²) in [6, 6.07) is 3.52. The molecular weight excluding hydrogens is 426 g/mol. The smallest absolute Gasteiger partial charge is 0.208 e. The van der Waals surface area contributed by atoms with Gasteiger partial charge in [-0.3, -0.25) is 0 Å². The Balaban J connectivity index is 2.21. The van der Waals surface area contributed by atoms with E-state index in [-0.39, 0.29) is 6.04 Å². The average Bonchev–Trinajstić information content (AvgIpc) is 2.80. The topological polar surface area (TPSA) is 46.2 Å². The molecule has 0 aromatic heterocycles. The first-order chi connectivity index (χ1) is 9.33. The van der Waals surface area contributed by atoms with Crippen molar-refractivity contribution in [2.75, 3.05) is 6.26 Å². The molecule has 1 N–H and O–H groups in total. The van der Waals surface area contributed by atoms with Crippen LogP contribution in [0, 0.1) is 6.92 Å². The summed E-state index contributed by atoms with van der Waals surface area (Å²) >= 11 is 8.55. The average molecular weight is 443 g/mol. The number of halogens is 2. The second kappa shape index (κ2) is 6.69. The van der Waals surface area contributed by atoms with Gasteiger partial charge in [0.2, 0.25) is 10.0 Å².